The average molecular weight is 368 g/mol. The highest BCUT2D eigenvalue weighted by molar-refractivity contribution is 5.84. The van der Waals surface area contributed by atoms with E-state index in [4.69, 9.17) is 11.5 Å². The molecule has 144 valence electrons. The SMILES string of the molecule is Cc1ccc(CNc2nc(NCC(C)N)nc3c2ncn3C(C)C)c(N)c1. The Hall–Kier alpha value is -2.87. The summed E-state index contributed by atoms with van der Waals surface area (Å²) in [5.74, 6) is 1.20. The third kappa shape index (κ3) is 4.28. The number of nitrogens with zero attached hydrogens (tertiary/aromatic N) is 4. The van der Waals surface area contributed by atoms with E-state index in [-0.39, 0.29) is 12.1 Å². The van der Waals surface area contributed by atoms with Crippen LogP contribution in [0.3, 0.4) is 0 Å². The Morgan fingerprint density at radius 2 is 1.93 bits per heavy atom. The Kier molecular flexibility index (Phi) is 5.46. The van der Waals surface area contributed by atoms with E-state index in [2.05, 4.69) is 39.4 Å². The first-order chi connectivity index (χ1) is 12.8. The second-order valence-electron chi connectivity index (χ2n) is 7.23. The van der Waals surface area contributed by atoms with E-state index in [0.717, 1.165) is 28.0 Å². The number of nitrogens with two attached hydrogens (primary N) is 2. The molecule has 1 aromatic carbocycles. The zero-order valence-electron chi connectivity index (χ0n) is 16.3. The second-order valence-corrected chi connectivity index (χ2v) is 7.23. The van der Waals surface area contributed by atoms with Gasteiger partial charge in [-0.15, -0.1) is 0 Å². The second kappa shape index (κ2) is 7.79. The molecule has 0 radical (unpaired) electrons. The number of hydrogen-bond acceptors (Lipinski definition) is 7. The molecule has 0 saturated heterocycles. The molecule has 0 aliphatic rings. The molecule has 1 unspecified atom stereocenters. The molecule has 1 atom stereocenters. The van der Waals surface area contributed by atoms with Crippen LogP contribution < -0.4 is 22.1 Å². The number of nitrogens with one attached hydrogen (secondary N) is 2. The number of fused-ring (bicyclic) bond motifs is 1. The fourth-order valence-electron chi connectivity index (χ4n) is 2.80. The van der Waals surface area contributed by atoms with Gasteiger partial charge in [-0.1, -0.05) is 12.1 Å². The van der Waals surface area contributed by atoms with Crippen LogP contribution in [0.2, 0.25) is 0 Å². The molecule has 27 heavy (non-hydrogen) atoms. The van der Waals surface area contributed by atoms with Gasteiger partial charge in [0.2, 0.25) is 5.95 Å². The normalized spacial score (nSPS) is 12.5. The van der Waals surface area contributed by atoms with Gasteiger partial charge >= 0.3 is 0 Å². The van der Waals surface area contributed by atoms with Crippen LogP contribution in [-0.2, 0) is 6.54 Å². The first-order valence-corrected chi connectivity index (χ1v) is 9.18. The molecule has 8 heteroatoms. The summed E-state index contributed by atoms with van der Waals surface area (Å²) in [6, 6.07) is 6.29. The van der Waals surface area contributed by atoms with Crippen molar-refractivity contribution in [3.63, 3.8) is 0 Å². The Morgan fingerprint density at radius 3 is 2.59 bits per heavy atom. The molecule has 2 aromatic heterocycles. The summed E-state index contributed by atoms with van der Waals surface area (Å²) < 4.78 is 2.03. The quantitative estimate of drug-likeness (QED) is 0.473. The van der Waals surface area contributed by atoms with Gasteiger partial charge in [0.1, 0.15) is 0 Å². The van der Waals surface area contributed by atoms with Crippen molar-refractivity contribution in [2.24, 2.45) is 5.73 Å². The van der Waals surface area contributed by atoms with Crippen LogP contribution in [0.5, 0.6) is 0 Å². The molecule has 0 bridgehead atoms. The summed E-state index contributed by atoms with van der Waals surface area (Å²) in [4.78, 5) is 13.8. The van der Waals surface area contributed by atoms with Crippen molar-refractivity contribution < 1.29 is 0 Å². The highest BCUT2D eigenvalue weighted by Gasteiger charge is 2.15. The number of aryl methyl sites for hydroxylation is 1. The third-order valence-corrected chi connectivity index (χ3v) is 4.31. The van der Waals surface area contributed by atoms with E-state index in [1.54, 1.807) is 6.33 Å². The van der Waals surface area contributed by atoms with Gasteiger partial charge in [-0.3, -0.25) is 0 Å². The monoisotopic (exact) mass is 368 g/mol. The number of benzene rings is 1. The minimum absolute atomic E-state index is 0.00284. The van der Waals surface area contributed by atoms with Crippen LogP contribution in [0.4, 0.5) is 17.5 Å². The fraction of sp³-hybridized carbons (Fsp3) is 0.421. The Morgan fingerprint density at radius 1 is 1.15 bits per heavy atom. The number of aromatic nitrogens is 4. The van der Waals surface area contributed by atoms with Gasteiger partial charge < -0.3 is 26.7 Å². The standard InChI is InChI=1S/C19H28N8/c1-11(2)27-10-24-16-17(22-9-14-6-5-12(3)7-15(14)21)25-19(26-18(16)27)23-8-13(4)20/h5-7,10-11,13H,8-9,20-21H2,1-4H3,(H2,22,23,25,26). The molecule has 6 N–H and O–H groups in total. The van der Waals surface area contributed by atoms with Crippen LogP contribution in [0.15, 0.2) is 24.5 Å². The Bertz CT molecular complexity index is 929. The summed E-state index contributed by atoms with van der Waals surface area (Å²) in [6.45, 7) is 9.29. The van der Waals surface area contributed by atoms with Crippen molar-refractivity contribution in [2.45, 2.75) is 46.3 Å². The number of rotatable bonds is 7. The molecular formula is C19H28N8. The van der Waals surface area contributed by atoms with Crippen molar-refractivity contribution in [3.05, 3.63) is 35.7 Å². The first kappa shape index (κ1) is 18.9. The molecule has 3 aromatic rings. The Labute approximate surface area is 159 Å². The summed E-state index contributed by atoms with van der Waals surface area (Å²) >= 11 is 0. The lowest BCUT2D eigenvalue weighted by Gasteiger charge is -2.13. The van der Waals surface area contributed by atoms with Crippen molar-refractivity contribution >= 4 is 28.6 Å². The third-order valence-electron chi connectivity index (χ3n) is 4.31. The van der Waals surface area contributed by atoms with Crippen LogP contribution in [-0.4, -0.2) is 32.1 Å². The lowest BCUT2D eigenvalue weighted by molar-refractivity contribution is 0.612. The zero-order chi connectivity index (χ0) is 19.6. The smallest absolute Gasteiger partial charge is 0.226 e. The van der Waals surface area contributed by atoms with Crippen molar-refractivity contribution in [3.8, 4) is 0 Å². The summed E-state index contributed by atoms with van der Waals surface area (Å²) in [6.07, 6.45) is 1.80. The highest BCUT2D eigenvalue weighted by atomic mass is 15.2. The Balaban J connectivity index is 1.94. The van der Waals surface area contributed by atoms with Gasteiger partial charge in [0.25, 0.3) is 0 Å². The first-order valence-electron chi connectivity index (χ1n) is 9.18. The van der Waals surface area contributed by atoms with E-state index in [1.807, 2.05) is 36.6 Å². The average Bonchev–Trinajstić information content (AvgIpc) is 3.03. The van der Waals surface area contributed by atoms with E-state index in [9.17, 15) is 0 Å². The maximum atomic E-state index is 6.13. The minimum atomic E-state index is 0.00284. The molecule has 0 spiro atoms. The summed E-state index contributed by atoms with van der Waals surface area (Å²) in [5, 5.41) is 6.56. The molecule has 3 rings (SSSR count). The van der Waals surface area contributed by atoms with E-state index >= 15 is 0 Å². The lowest BCUT2D eigenvalue weighted by atomic mass is 10.1. The predicted molar refractivity (Wildman–Crippen MR) is 111 cm³/mol. The van der Waals surface area contributed by atoms with Gasteiger partial charge in [-0.2, -0.15) is 9.97 Å². The van der Waals surface area contributed by atoms with Crippen LogP contribution in [0.1, 0.15) is 37.9 Å². The molecule has 8 nitrogen and oxygen atoms in total. The molecule has 0 amide bonds. The zero-order valence-corrected chi connectivity index (χ0v) is 16.3. The van der Waals surface area contributed by atoms with E-state index in [1.165, 1.54) is 0 Å². The highest BCUT2D eigenvalue weighted by Crippen LogP contribution is 2.24. The van der Waals surface area contributed by atoms with Crippen molar-refractivity contribution in [2.75, 3.05) is 22.9 Å². The fourth-order valence-corrected chi connectivity index (χ4v) is 2.80. The molecule has 0 aliphatic carbocycles. The van der Waals surface area contributed by atoms with Crippen LogP contribution in [0.25, 0.3) is 11.2 Å². The van der Waals surface area contributed by atoms with Crippen LogP contribution in [0, 0.1) is 6.92 Å². The van der Waals surface area contributed by atoms with Gasteiger partial charge in [-0.25, -0.2) is 4.98 Å². The summed E-state index contributed by atoms with van der Waals surface area (Å²) in [7, 11) is 0. The van der Waals surface area contributed by atoms with E-state index < -0.39 is 0 Å². The lowest BCUT2D eigenvalue weighted by Crippen LogP contribution is -2.26. The predicted octanol–water partition coefficient (Wildman–Crippen LogP) is 2.67. The molecule has 2 heterocycles. The molecule has 0 aliphatic heterocycles. The van der Waals surface area contributed by atoms with Gasteiger partial charge in [0, 0.05) is 30.9 Å². The van der Waals surface area contributed by atoms with E-state index in [0.29, 0.717) is 24.9 Å². The van der Waals surface area contributed by atoms with Crippen LogP contribution >= 0.6 is 0 Å². The summed E-state index contributed by atoms with van der Waals surface area (Å²) in [5.41, 5.74) is 16.4. The van der Waals surface area contributed by atoms with Crippen molar-refractivity contribution in [1.29, 1.82) is 0 Å². The minimum Gasteiger partial charge on any atom is -0.398 e. The molecule has 0 fully saturated rings. The molecular weight excluding hydrogens is 340 g/mol. The maximum absolute atomic E-state index is 6.13. The number of imidazole rings is 1. The topological polar surface area (TPSA) is 120 Å². The number of nitrogen functional groups attached to an aromatic ring is 1. The largest absolute Gasteiger partial charge is 0.398 e. The van der Waals surface area contributed by atoms with Gasteiger partial charge in [-0.05, 0) is 44.9 Å². The maximum Gasteiger partial charge on any atom is 0.226 e. The van der Waals surface area contributed by atoms with Crippen molar-refractivity contribution in [1.82, 2.24) is 19.5 Å². The molecule has 0 saturated carbocycles. The van der Waals surface area contributed by atoms with Gasteiger partial charge in [0.15, 0.2) is 17.0 Å². The number of hydrogen-bond donors (Lipinski definition) is 4. The number of anilines is 3. The van der Waals surface area contributed by atoms with Gasteiger partial charge in [0.05, 0.1) is 6.33 Å².